The van der Waals surface area contributed by atoms with E-state index in [1.807, 2.05) is 0 Å². The van der Waals surface area contributed by atoms with Crippen LogP contribution in [0.1, 0.15) is 58.3 Å². The third kappa shape index (κ3) is 3.48. The van der Waals surface area contributed by atoms with Crippen molar-refractivity contribution in [2.24, 2.45) is 11.8 Å². The maximum absolute atomic E-state index is 2.71. The van der Waals surface area contributed by atoms with Crippen LogP contribution in [0.5, 0.6) is 0 Å². The molecule has 1 aliphatic carbocycles. The first-order valence-electron chi connectivity index (χ1n) is 7.08. The lowest BCUT2D eigenvalue weighted by Gasteiger charge is -2.34. The van der Waals surface area contributed by atoms with Crippen LogP contribution in [0.2, 0.25) is 0 Å². The quantitative estimate of drug-likeness (QED) is 0.685. The van der Waals surface area contributed by atoms with Crippen molar-refractivity contribution in [1.29, 1.82) is 0 Å². The fourth-order valence-corrected chi connectivity index (χ4v) is 3.40. The molecule has 0 aromatic rings. The summed E-state index contributed by atoms with van der Waals surface area (Å²) in [6.45, 7) is 6.61. The second-order valence-corrected chi connectivity index (χ2v) is 5.74. The molecule has 1 saturated heterocycles. The van der Waals surface area contributed by atoms with Crippen LogP contribution in [0.4, 0.5) is 0 Å². The second kappa shape index (κ2) is 5.89. The standard InChI is InChI=1S/C14H27N/c1-13(14-8-4-2-5-9-14)12-15-10-6-3-7-11-15/h13-14H,2-12H2,1H3. The van der Waals surface area contributed by atoms with Gasteiger partial charge in [0.25, 0.3) is 0 Å². The average molecular weight is 209 g/mol. The summed E-state index contributed by atoms with van der Waals surface area (Å²) in [5, 5.41) is 0. The van der Waals surface area contributed by atoms with Crippen molar-refractivity contribution in [3.8, 4) is 0 Å². The minimum Gasteiger partial charge on any atom is -0.303 e. The molecule has 15 heavy (non-hydrogen) atoms. The minimum atomic E-state index is 0.948. The molecule has 1 atom stereocenters. The van der Waals surface area contributed by atoms with E-state index in [2.05, 4.69) is 11.8 Å². The number of nitrogens with zero attached hydrogens (tertiary/aromatic N) is 1. The predicted octanol–water partition coefficient (Wildman–Crippen LogP) is 3.69. The first-order valence-corrected chi connectivity index (χ1v) is 7.08. The zero-order valence-corrected chi connectivity index (χ0v) is 10.4. The molecule has 2 aliphatic rings. The van der Waals surface area contributed by atoms with Crippen LogP contribution in [-0.4, -0.2) is 24.5 Å². The lowest BCUT2D eigenvalue weighted by Crippen LogP contribution is -2.36. The molecule has 0 N–H and O–H groups in total. The minimum absolute atomic E-state index is 0.948. The van der Waals surface area contributed by atoms with Crippen molar-refractivity contribution in [1.82, 2.24) is 4.90 Å². The van der Waals surface area contributed by atoms with E-state index in [4.69, 9.17) is 0 Å². The van der Waals surface area contributed by atoms with Crippen LogP contribution >= 0.6 is 0 Å². The van der Waals surface area contributed by atoms with Crippen LogP contribution in [-0.2, 0) is 0 Å². The van der Waals surface area contributed by atoms with Gasteiger partial charge in [-0.15, -0.1) is 0 Å². The number of likely N-dealkylation sites (tertiary alicyclic amines) is 1. The van der Waals surface area contributed by atoms with Crippen LogP contribution in [0.15, 0.2) is 0 Å². The molecule has 0 bridgehead atoms. The molecule has 1 aliphatic heterocycles. The Balaban J connectivity index is 1.72. The molecule has 1 unspecified atom stereocenters. The van der Waals surface area contributed by atoms with E-state index >= 15 is 0 Å². The highest BCUT2D eigenvalue weighted by Gasteiger charge is 2.22. The zero-order valence-electron chi connectivity index (χ0n) is 10.4. The molecule has 1 heteroatoms. The summed E-state index contributed by atoms with van der Waals surface area (Å²) in [6.07, 6.45) is 11.9. The predicted molar refractivity (Wildman–Crippen MR) is 66.0 cm³/mol. The summed E-state index contributed by atoms with van der Waals surface area (Å²) in [4.78, 5) is 2.71. The summed E-state index contributed by atoms with van der Waals surface area (Å²) in [5.74, 6) is 1.99. The monoisotopic (exact) mass is 209 g/mol. The summed E-state index contributed by atoms with van der Waals surface area (Å²) < 4.78 is 0. The lowest BCUT2D eigenvalue weighted by molar-refractivity contribution is 0.154. The van der Waals surface area contributed by atoms with Crippen molar-refractivity contribution < 1.29 is 0 Å². The van der Waals surface area contributed by atoms with Gasteiger partial charge in [-0.3, -0.25) is 0 Å². The Morgan fingerprint density at radius 3 is 2.20 bits per heavy atom. The summed E-state index contributed by atoms with van der Waals surface area (Å²) >= 11 is 0. The smallest absolute Gasteiger partial charge is 0.000966 e. The Bertz CT molecular complexity index is 166. The molecule has 0 spiro atoms. The maximum Gasteiger partial charge on any atom is 0.000966 e. The first kappa shape index (κ1) is 11.4. The van der Waals surface area contributed by atoms with Crippen LogP contribution in [0.3, 0.4) is 0 Å². The van der Waals surface area contributed by atoms with Crippen molar-refractivity contribution in [2.75, 3.05) is 19.6 Å². The second-order valence-electron chi connectivity index (χ2n) is 5.74. The summed E-state index contributed by atoms with van der Waals surface area (Å²) in [6, 6.07) is 0. The number of hydrogen-bond donors (Lipinski definition) is 0. The number of rotatable bonds is 3. The summed E-state index contributed by atoms with van der Waals surface area (Å²) in [5.41, 5.74) is 0. The normalized spacial score (nSPS) is 27.8. The molecule has 0 radical (unpaired) electrons. The van der Waals surface area contributed by atoms with E-state index in [1.54, 1.807) is 0 Å². The van der Waals surface area contributed by atoms with Crippen LogP contribution in [0.25, 0.3) is 0 Å². The van der Waals surface area contributed by atoms with Crippen molar-refractivity contribution >= 4 is 0 Å². The molecule has 0 amide bonds. The highest BCUT2D eigenvalue weighted by Crippen LogP contribution is 2.30. The van der Waals surface area contributed by atoms with E-state index < -0.39 is 0 Å². The fraction of sp³-hybridized carbons (Fsp3) is 1.00. The third-order valence-electron chi connectivity index (χ3n) is 4.45. The van der Waals surface area contributed by atoms with Crippen LogP contribution in [0, 0.1) is 11.8 Å². The van der Waals surface area contributed by atoms with Gasteiger partial charge in [0, 0.05) is 6.54 Å². The van der Waals surface area contributed by atoms with Gasteiger partial charge in [0.15, 0.2) is 0 Å². The van der Waals surface area contributed by atoms with Gasteiger partial charge in [0.1, 0.15) is 0 Å². The van der Waals surface area contributed by atoms with Gasteiger partial charge in [-0.05, 0) is 37.8 Å². The molecule has 2 fully saturated rings. The van der Waals surface area contributed by atoms with E-state index in [0.717, 1.165) is 11.8 Å². The molecule has 88 valence electrons. The molecule has 2 rings (SSSR count). The van der Waals surface area contributed by atoms with Gasteiger partial charge in [-0.25, -0.2) is 0 Å². The lowest BCUT2D eigenvalue weighted by atomic mass is 9.80. The molecule has 0 aromatic heterocycles. The summed E-state index contributed by atoms with van der Waals surface area (Å²) in [7, 11) is 0. The van der Waals surface area contributed by atoms with E-state index in [-0.39, 0.29) is 0 Å². The average Bonchev–Trinajstić information content (AvgIpc) is 2.31. The topological polar surface area (TPSA) is 3.24 Å². The van der Waals surface area contributed by atoms with Gasteiger partial charge >= 0.3 is 0 Å². The first-order chi connectivity index (χ1) is 7.36. The zero-order chi connectivity index (χ0) is 10.5. The number of hydrogen-bond acceptors (Lipinski definition) is 1. The highest BCUT2D eigenvalue weighted by molar-refractivity contribution is 4.75. The van der Waals surface area contributed by atoms with Gasteiger partial charge in [-0.1, -0.05) is 45.4 Å². The van der Waals surface area contributed by atoms with E-state index in [9.17, 15) is 0 Å². The van der Waals surface area contributed by atoms with Crippen molar-refractivity contribution in [3.63, 3.8) is 0 Å². The van der Waals surface area contributed by atoms with E-state index in [0.29, 0.717) is 0 Å². The van der Waals surface area contributed by atoms with Crippen molar-refractivity contribution in [3.05, 3.63) is 0 Å². The Morgan fingerprint density at radius 1 is 0.933 bits per heavy atom. The number of piperidine rings is 1. The molecule has 1 saturated carbocycles. The maximum atomic E-state index is 2.71. The van der Waals surface area contributed by atoms with Crippen molar-refractivity contribution in [2.45, 2.75) is 58.3 Å². The van der Waals surface area contributed by atoms with E-state index in [1.165, 1.54) is 71.0 Å². The van der Waals surface area contributed by atoms with Gasteiger partial charge < -0.3 is 4.90 Å². The van der Waals surface area contributed by atoms with Crippen LogP contribution < -0.4 is 0 Å². The van der Waals surface area contributed by atoms with Gasteiger partial charge in [-0.2, -0.15) is 0 Å². The fourth-order valence-electron chi connectivity index (χ4n) is 3.40. The largest absolute Gasteiger partial charge is 0.303 e. The van der Waals surface area contributed by atoms with Gasteiger partial charge in [0.05, 0.1) is 0 Å². The highest BCUT2D eigenvalue weighted by atomic mass is 15.1. The Kier molecular flexibility index (Phi) is 4.49. The molecular formula is C14H27N. The Hall–Kier alpha value is -0.0400. The molecule has 1 nitrogen and oxygen atoms in total. The molecule has 0 aromatic carbocycles. The molecule has 1 heterocycles. The SMILES string of the molecule is CC(CN1CCCCC1)C1CCCCC1. The third-order valence-corrected chi connectivity index (χ3v) is 4.45. The van der Waals surface area contributed by atoms with Gasteiger partial charge in [0.2, 0.25) is 0 Å². The Morgan fingerprint density at radius 2 is 1.53 bits per heavy atom. The Labute approximate surface area is 95.2 Å². The molecular weight excluding hydrogens is 182 g/mol.